The number of carboxylic acids is 1. The van der Waals surface area contributed by atoms with Gasteiger partial charge in [0.05, 0.1) is 24.8 Å². The Morgan fingerprint density at radius 1 is 1.29 bits per heavy atom. The van der Waals surface area contributed by atoms with Crippen LogP contribution in [0, 0.1) is 0 Å². The fourth-order valence-corrected chi connectivity index (χ4v) is 3.99. The Balaban J connectivity index is 1.70. The molecule has 1 heterocycles. The van der Waals surface area contributed by atoms with Crippen LogP contribution < -0.4 is 14.8 Å². The highest BCUT2D eigenvalue weighted by atomic mass is 35.5. The number of thioether (sulfide) groups is 1. The van der Waals surface area contributed by atoms with Gasteiger partial charge in [0, 0.05) is 16.1 Å². The Morgan fingerprint density at radius 2 is 2.06 bits per heavy atom. The first-order chi connectivity index (χ1) is 14.9. The van der Waals surface area contributed by atoms with Gasteiger partial charge in [0.2, 0.25) is 5.91 Å². The molecule has 0 aliphatic carbocycles. The standard InChI is InChI=1S/C20H17Cl2N3O5S/c1-29-15-7-11(9-23-25-20-24-19(28)16(31-20)8-17(26)27)6-14(22)18(15)30-10-12-4-2-3-5-13(12)21/h2-7,9,16H,8,10H2,1H3,(H,26,27)(H,24,25,28). The molecule has 0 spiro atoms. The summed E-state index contributed by atoms with van der Waals surface area (Å²) in [5, 5.41) is 19.5. The summed E-state index contributed by atoms with van der Waals surface area (Å²) >= 11 is 13.5. The van der Waals surface area contributed by atoms with Gasteiger partial charge in [-0.15, -0.1) is 5.10 Å². The molecule has 162 valence electrons. The van der Waals surface area contributed by atoms with Gasteiger partial charge in [-0.1, -0.05) is 53.2 Å². The number of aliphatic carboxylic acids is 1. The van der Waals surface area contributed by atoms with E-state index in [2.05, 4.69) is 15.5 Å². The summed E-state index contributed by atoms with van der Waals surface area (Å²) in [5.41, 5.74) is 1.40. The Bertz CT molecular complexity index is 1060. The maximum Gasteiger partial charge on any atom is 0.305 e. The predicted molar refractivity (Wildman–Crippen MR) is 121 cm³/mol. The molecule has 2 aromatic rings. The smallest absolute Gasteiger partial charge is 0.305 e. The molecule has 1 aliphatic rings. The molecule has 11 heteroatoms. The Morgan fingerprint density at radius 3 is 2.77 bits per heavy atom. The second-order valence-corrected chi connectivity index (χ2v) is 8.26. The number of nitrogens with one attached hydrogen (secondary N) is 1. The fraction of sp³-hybridized carbons (Fsp3) is 0.200. The SMILES string of the molecule is COc1cc(C=NN=C2NC(=O)C(CC(=O)O)S2)cc(Cl)c1OCc1ccccc1Cl. The molecule has 1 amide bonds. The molecule has 31 heavy (non-hydrogen) atoms. The summed E-state index contributed by atoms with van der Waals surface area (Å²) in [4.78, 5) is 22.5. The molecule has 0 radical (unpaired) electrons. The number of carbonyl (C=O) groups is 2. The number of hydrogen-bond acceptors (Lipinski definition) is 7. The lowest BCUT2D eigenvalue weighted by Gasteiger charge is -2.13. The van der Waals surface area contributed by atoms with Crippen molar-refractivity contribution in [3.05, 3.63) is 57.6 Å². The van der Waals surface area contributed by atoms with Crippen LogP contribution in [0.4, 0.5) is 0 Å². The highest BCUT2D eigenvalue weighted by molar-refractivity contribution is 8.15. The van der Waals surface area contributed by atoms with Gasteiger partial charge < -0.3 is 19.9 Å². The van der Waals surface area contributed by atoms with Crippen LogP contribution in [0.1, 0.15) is 17.5 Å². The average Bonchev–Trinajstić information content (AvgIpc) is 3.06. The first-order valence-electron chi connectivity index (χ1n) is 8.91. The molecule has 0 saturated carbocycles. The number of nitrogens with zero attached hydrogens (tertiary/aromatic N) is 2. The van der Waals surface area contributed by atoms with Crippen LogP contribution in [0.3, 0.4) is 0 Å². The van der Waals surface area contributed by atoms with Gasteiger partial charge in [0.15, 0.2) is 16.7 Å². The Hall–Kier alpha value is -2.75. The average molecular weight is 482 g/mol. The summed E-state index contributed by atoms with van der Waals surface area (Å²) in [6.45, 7) is 0.214. The Kier molecular flexibility index (Phi) is 7.78. The molecule has 1 saturated heterocycles. The van der Waals surface area contributed by atoms with Crippen molar-refractivity contribution in [3.8, 4) is 11.5 Å². The second-order valence-electron chi connectivity index (χ2n) is 6.26. The summed E-state index contributed by atoms with van der Waals surface area (Å²) in [5.74, 6) is -0.705. The number of amides is 1. The molecule has 2 N–H and O–H groups in total. The largest absolute Gasteiger partial charge is 0.493 e. The monoisotopic (exact) mass is 481 g/mol. The van der Waals surface area contributed by atoms with E-state index in [9.17, 15) is 9.59 Å². The molecule has 1 fully saturated rings. The normalized spacial score (nSPS) is 17.2. The molecule has 1 aliphatic heterocycles. The predicted octanol–water partition coefficient (Wildman–Crippen LogP) is 3.98. The third-order valence-electron chi connectivity index (χ3n) is 4.07. The summed E-state index contributed by atoms with van der Waals surface area (Å²) in [6.07, 6.45) is 1.14. The minimum atomic E-state index is -1.06. The molecular formula is C20H17Cl2N3O5S. The lowest BCUT2D eigenvalue weighted by atomic mass is 10.2. The zero-order chi connectivity index (χ0) is 22.4. The number of benzene rings is 2. The molecule has 0 aromatic heterocycles. The van der Waals surface area contributed by atoms with Crippen LogP contribution in [0.5, 0.6) is 11.5 Å². The van der Waals surface area contributed by atoms with Crippen LogP contribution in [-0.4, -0.2) is 40.7 Å². The van der Waals surface area contributed by atoms with E-state index in [1.165, 1.54) is 13.3 Å². The summed E-state index contributed by atoms with van der Waals surface area (Å²) in [7, 11) is 1.49. The van der Waals surface area contributed by atoms with Crippen LogP contribution in [-0.2, 0) is 16.2 Å². The molecular weight excluding hydrogens is 465 g/mol. The van der Waals surface area contributed by atoms with Gasteiger partial charge in [-0.2, -0.15) is 5.10 Å². The number of amidine groups is 1. The maximum atomic E-state index is 11.7. The third kappa shape index (κ3) is 6.13. The summed E-state index contributed by atoms with van der Waals surface area (Å²) in [6, 6.07) is 10.6. The van der Waals surface area contributed by atoms with E-state index in [4.69, 9.17) is 37.8 Å². The van der Waals surface area contributed by atoms with Crippen molar-refractivity contribution in [2.24, 2.45) is 10.2 Å². The van der Waals surface area contributed by atoms with Gasteiger partial charge in [-0.25, -0.2) is 0 Å². The van der Waals surface area contributed by atoms with E-state index < -0.39 is 17.1 Å². The zero-order valence-corrected chi connectivity index (χ0v) is 18.5. The zero-order valence-electron chi connectivity index (χ0n) is 16.2. The van der Waals surface area contributed by atoms with Gasteiger partial charge in [0.25, 0.3) is 0 Å². The number of carboxylic acid groups (broad SMARTS) is 1. The molecule has 1 unspecified atom stereocenters. The van der Waals surface area contributed by atoms with Gasteiger partial charge in [-0.3, -0.25) is 9.59 Å². The van der Waals surface area contributed by atoms with Crippen LogP contribution in [0.25, 0.3) is 0 Å². The van der Waals surface area contributed by atoms with E-state index in [1.807, 2.05) is 18.2 Å². The minimum absolute atomic E-state index is 0.214. The lowest BCUT2D eigenvalue weighted by molar-refractivity contribution is -0.138. The number of rotatable bonds is 8. The van der Waals surface area contributed by atoms with Crippen LogP contribution >= 0.6 is 35.0 Å². The Labute approximate surface area is 192 Å². The molecule has 2 aromatic carbocycles. The first kappa shape index (κ1) is 22.9. The third-order valence-corrected chi connectivity index (χ3v) is 5.80. The van der Waals surface area contributed by atoms with Crippen molar-refractivity contribution in [1.82, 2.24) is 5.32 Å². The van der Waals surface area contributed by atoms with Gasteiger partial charge >= 0.3 is 5.97 Å². The van der Waals surface area contributed by atoms with Crippen LogP contribution in [0.15, 0.2) is 46.6 Å². The maximum absolute atomic E-state index is 11.7. The summed E-state index contributed by atoms with van der Waals surface area (Å²) < 4.78 is 11.2. The van der Waals surface area contributed by atoms with E-state index >= 15 is 0 Å². The first-order valence-corrected chi connectivity index (χ1v) is 10.5. The lowest BCUT2D eigenvalue weighted by Crippen LogP contribution is -2.26. The van der Waals surface area contributed by atoms with Crippen LogP contribution in [0.2, 0.25) is 10.0 Å². The van der Waals surface area contributed by atoms with Gasteiger partial charge in [0.1, 0.15) is 11.9 Å². The van der Waals surface area contributed by atoms with E-state index in [-0.39, 0.29) is 18.2 Å². The van der Waals surface area contributed by atoms with E-state index in [0.29, 0.717) is 27.1 Å². The van der Waals surface area contributed by atoms with Gasteiger partial charge in [-0.05, 0) is 18.2 Å². The highest BCUT2D eigenvalue weighted by Crippen LogP contribution is 2.37. The number of carbonyl (C=O) groups excluding carboxylic acids is 1. The molecule has 3 rings (SSSR count). The van der Waals surface area contributed by atoms with Crippen molar-refractivity contribution in [1.29, 1.82) is 0 Å². The van der Waals surface area contributed by atoms with E-state index in [0.717, 1.165) is 17.3 Å². The van der Waals surface area contributed by atoms with Crippen molar-refractivity contribution < 1.29 is 24.2 Å². The van der Waals surface area contributed by atoms with Crippen molar-refractivity contribution in [2.75, 3.05) is 7.11 Å². The molecule has 1 atom stereocenters. The topological polar surface area (TPSA) is 110 Å². The molecule has 0 bridgehead atoms. The quantitative estimate of drug-likeness (QED) is 0.435. The fourth-order valence-electron chi connectivity index (χ4n) is 2.61. The highest BCUT2D eigenvalue weighted by Gasteiger charge is 2.32. The number of ether oxygens (including phenoxy) is 2. The van der Waals surface area contributed by atoms with E-state index in [1.54, 1.807) is 18.2 Å². The number of methoxy groups -OCH3 is 1. The van der Waals surface area contributed by atoms with Crippen molar-refractivity contribution in [2.45, 2.75) is 18.3 Å². The molecule has 8 nitrogen and oxygen atoms in total. The van der Waals surface area contributed by atoms with Crippen molar-refractivity contribution >= 4 is 58.2 Å². The minimum Gasteiger partial charge on any atom is -0.493 e. The number of hydrogen-bond donors (Lipinski definition) is 2. The van der Waals surface area contributed by atoms with Crippen molar-refractivity contribution in [3.63, 3.8) is 0 Å². The second kappa shape index (κ2) is 10.5. The number of halogens is 2.